The van der Waals surface area contributed by atoms with Gasteiger partial charge in [-0.25, -0.2) is 9.98 Å². The number of halogens is 6. The molecule has 0 spiro atoms. The zero-order valence-electron chi connectivity index (χ0n) is 34.2. The number of alkyl halides is 6. The van der Waals surface area contributed by atoms with Crippen LogP contribution in [0.3, 0.4) is 0 Å². The molecule has 4 aromatic rings. The average Bonchev–Trinajstić information content (AvgIpc) is 3.27. The third-order valence-corrected chi connectivity index (χ3v) is 10.6. The van der Waals surface area contributed by atoms with Gasteiger partial charge in [0.25, 0.3) is 0 Å². The standard InChI is InChI=1S/C43H48F6N8O8/c44-42(45,46)25-8-4-10-27(17-25)53-40(51)55-30-21-63-31(19-58)33(56-38(62)29(50)16-22-12-14-24(15-13-22)23-6-2-1-3-7-23)37(30)65-39-34(36(61)35(60)32(20-59)64-39)57-41(52)54-28-11-5-9-26(18-28)43(47,48)49/h1-15,17-18,29-37,39,58-61H,16,19-21,50H2,(H,56,62)(H3,51,53,55)(H3,52,54,57)/t29?,30-,31+,32+,33-,34+,35+,36+,37+,39-/m0/s1. The van der Waals surface area contributed by atoms with E-state index in [1.165, 1.54) is 12.1 Å². The Morgan fingerprint density at radius 2 is 1.31 bits per heavy atom. The molecule has 10 atom stereocenters. The molecule has 4 aromatic carbocycles. The smallest absolute Gasteiger partial charge is 0.394 e. The number of guanidine groups is 2. The summed E-state index contributed by atoms with van der Waals surface area (Å²) in [5.41, 5.74) is 19.1. The molecule has 2 heterocycles. The number of hydrogen-bond acceptors (Lipinski definition) is 11. The third-order valence-electron chi connectivity index (χ3n) is 10.6. The first-order valence-electron chi connectivity index (χ1n) is 20.1. The summed E-state index contributed by atoms with van der Waals surface area (Å²) in [5.74, 6) is -1.78. The molecule has 13 N–H and O–H groups in total. The highest BCUT2D eigenvalue weighted by molar-refractivity contribution is 5.93. The molecule has 2 aliphatic heterocycles. The zero-order valence-corrected chi connectivity index (χ0v) is 34.2. The van der Waals surface area contributed by atoms with E-state index in [-0.39, 0.29) is 17.8 Å². The third kappa shape index (κ3) is 12.5. The van der Waals surface area contributed by atoms with Crippen molar-refractivity contribution in [2.24, 2.45) is 27.2 Å². The normalized spacial score (nSPS) is 26.0. The van der Waals surface area contributed by atoms with Crippen molar-refractivity contribution in [3.63, 3.8) is 0 Å². The van der Waals surface area contributed by atoms with Crippen LogP contribution in [-0.4, -0.2) is 119 Å². The van der Waals surface area contributed by atoms with Crippen LogP contribution in [0.25, 0.3) is 11.1 Å². The second-order valence-corrected chi connectivity index (χ2v) is 15.3. The number of amides is 1. The maximum absolute atomic E-state index is 13.9. The minimum absolute atomic E-state index is 0.0438. The maximum atomic E-state index is 13.9. The van der Waals surface area contributed by atoms with Crippen molar-refractivity contribution in [2.45, 2.75) is 79.8 Å². The molecular formula is C43H48F6N8O8. The predicted molar refractivity (Wildman–Crippen MR) is 226 cm³/mol. The number of anilines is 2. The molecule has 2 aliphatic rings. The molecule has 1 unspecified atom stereocenters. The van der Waals surface area contributed by atoms with E-state index >= 15 is 0 Å². The van der Waals surface area contributed by atoms with E-state index in [4.69, 9.17) is 31.4 Å². The van der Waals surface area contributed by atoms with E-state index in [1.54, 1.807) is 12.1 Å². The van der Waals surface area contributed by atoms with Crippen molar-refractivity contribution in [1.29, 1.82) is 0 Å². The molecule has 0 aliphatic carbocycles. The van der Waals surface area contributed by atoms with Gasteiger partial charge in [0.05, 0.1) is 43.0 Å². The maximum Gasteiger partial charge on any atom is 0.416 e. The summed E-state index contributed by atoms with van der Waals surface area (Å²) in [6.07, 6.45) is -19.1. The molecule has 16 nitrogen and oxygen atoms in total. The van der Waals surface area contributed by atoms with Gasteiger partial charge in [0.1, 0.15) is 42.6 Å². The summed E-state index contributed by atoms with van der Waals surface area (Å²) in [7, 11) is 0. The largest absolute Gasteiger partial charge is 0.416 e. The molecule has 350 valence electrons. The number of aliphatic hydroxyl groups is 4. The molecule has 2 fully saturated rings. The van der Waals surface area contributed by atoms with Gasteiger partial charge in [-0.05, 0) is 59.5 Å². The SMILES string of the molecule is NC(=N[C@H]1[C@H](O[C@H]2[C@@H](NC(=O)C(N)Cc3ccc(-c4ccccc4)cc3)[C@@H](CO)OC[C@@H]2N=C(N)Nc2cccc(C(F)(F)F)c2)O[C@H](CO)[C@@H](O)[C@@H]1O)Nc1cccc(C(F)(F)F)c1. The number of hydrogen-bond donors (Lipinski definition) is 10. The van der Waals surface area contributed by atoms with E-state index in [0.29, 0.717) is 5.56 Å². The first kappa shape index (κ1) is 48.6. The van der Waals surface area contributed by atoms with Crippen LogP contribution >= 0.6 is 0 Å². The van der Waals surface area contributed by atoms with Gasteiger partial charge >= 0.3 is 12.4 Å². The Morgan fingerprint density at radius 1 is 0.754 bits per heavy atom. The molecule has 0 radical (unpaired) electrons. The molecule has 2 saturated heterocycles. The summed E-state index contributed by atoms with van der Waals surface area (Å²) in [6, 6.07) is 19.3. The van der Waals surface area contributed by atoms with Gasteiger partial charge in [-0.3, -0.25) is 4.79 Å². The number of ether oxygens (including phenoxy) is 3. The lowest BCUT2D eigenvalue weighted by atomic mass is 9.93. The van der Waals surface area contributed by atoms with Gasteiger partial charge in [-0.15, -0.1) is 0 Å². The molecule has 65 heavy (non-hydrogen) atoms. The summed E-state index contributed by atoms with van der Waals surface area (Å²) in [6.45, 7) is -1.99. The number of benzene rings is 4. The van der Waals surface area contributed by atoms with E-state index in [0.717, 1.165) is 47.5 Å². The highest BCUT2D eigenvalue weighted by atomic mass is 19.4. The Hall–Kier alpha value is -5.85. The Morgan fingerprint density at radius 3 is 1.86 bits per heavy atom. The summed E-state index contributed by atoms with van der Waals surface area (Å²) in [5, 5.41) is 50.6. The van der Waals surface area contributed by atoms with Crippen LogP contribution in [-0.2, 0) is 37.8 Å². The second-order valence-electron chi connectivity index (χ2n) is 15.3. The number of rotatable bonds is 13. The predicted octanol–water partition coefficient (Wildman–Crippen LogP) is 2.55. The Bertz CT molecular complexity index is 2270. The Labute approximate surface area is 368 Å². The number of aliphatic hydroxyl groups excluding tert-OH is 4. The lowest BCUT2D eigenvalue weighted by molar-refractivity contribution is -0.289. The number of aliphatic imine (C=N–C) groups is 2. The molecule has 1 amide bonds. The fraction of sp³-hybridized carbons (Fsp3) is 0.372. The van der Waals surface area contributed by atoms with Crippen molar-refractivity contribution < 1.29 is 65.8 Å². The first-order valence-corrected chi connectivity index (χ1v) is 20.1. The molecule has 0 aromatic heterocycles. The number of carbonyl (C=O) groups is 1. The summed E-state index contributed by atoms with van der Waals surface area (Å²) < 4.78 is 99.0. The van der Waals surface area contributed by atoms with E-state index < -0.39 is 122 Å². The lowest BCUT2D eigenvalue weighted by Crippen LogP contribution is -2.66. The number of nitrogens with one attached hydrogen (secondary N) is 3. The van der Waals surface area contributed by atoms with Crippen LogP contribution in [0.4, 0.5) is 37.7 Å². The fourth-order valence-corrected chi connectivity index (χ4v) is 7.30. The van der Waals surface area contributed by atoms with Gasteiger partial charge < -0.3 is 67.8 Å². The van der Waals surface area contributed by atoms with Crippen LogP contribution in [0.1, 0.15) is 16.7 Å². The van der Waals surface area contributed by atoms with Gasteiger partial charge in [0.15, 0.2) is 18.2 Å². The van der Waals surface area contributed by atoms with Crippen molar-refractivity contribution in [2.75, 3.05) is 30.5 Å². The molecule has 22 heteroatoms. The monoisotopic (exact) mass is 918 g/mol. The minimum Gasteiger partial charge on any atom is -0.394 e. The quantitative estimate of drug-likeness (QED) is 0.0526. The molecule has 0 bridgehead atoms. The van der Waals surface area contributed by atoms with Gasteiger partial charge in [0.2, 0.25) is 5.91 Å². The Balaban J connectivity index is 1.31. The zero-order chi connectivity index (χ0) is 47.1. The highest BCUT2D eigenvalue weighted by Crippen LogP contribution is 2.33. The lowest BCUT2D eigenvalue weighted by Gasteiger charge is -2.46. The first-order chi connectivity index (χ1) is 30.8. The van der Waals surface area contributed by atoms with Crippen molar-refractivity contribution in [3.05, 3.63) is 120 Å². The molecule has 0 saturated carbocycles. The van der Waals surface area contributed by atoms with Crippen LogP contribution in [0.2, 0.25) is 0 Å². The van der Waals surface area contributed by atoms with Gasteiger partial charge in [-0.1, -0.05) is 66.7 Å². The fourth-order valence-electron chi connectivity index (χ4n) is 7.30. The van der Waals surface area contributed by atoms with Crippen molar-refractivity contribution in [1.82, 2.24) is 5.32 Å². The second kappa shape index (κ2) is 21.0. The van der Waals surface area contributed by atoms with Crippen molar-refractivity contribution >= 4 is 29.2 Å². The number of nitrogens with two attached hydrogens (primary N) is 3. The van der Waals surface area contributed by atoms with Crippen LogP contribution < -0.4 is 33.2 Å². The van der Waals surface area contributed by atoms with E-state index in [9.17, 15) is 51.6 Å². The minimum atomic E-state index is -4.70. The average molecular weight is 919 g/mol. The molecule has 6 rings (SSSR count). The Kier molecular flexibility index (Phi) is 15.7. The summed E-state index contributed by atoms with van der Waals surface area (Å²) >= 11 is 0. The van der Waals surface area contributed by atoms with Gasteiger partial charge in [-0.2, -0.15) is 26.3 Å². The number of nitrogens with zero attached hydrogens (tertiary/aromatic N) is 2. The van der Waals surface area contributed by atoms with Crippen molar-refractivity contribution in [3.8, 4) is 11.1 Å². The topological polar surface area (TPSA) is 265 Å². The summed E-state index contributed by atoms with van der Waals surface area (Å²) in [4.78, 5) is 22.5. The number of carbonyl (C=O) groups excluding carboxylic acids is 1. The van der Waals surface area contributed by atoms with E-state index in [2.05, 4.69) is 25.9 Å². The molecular weight excluding hydrogens is 871 g/mol. The van der Waals surface area contributed by atoms with Crippen LogP contribution in [0.15, 0.2) is 113 Å². The van der Waals surface area contributed by atoms with E-state index in [1.807, 2.05) is 42.5 Å². The van der Waals surface area contributed by atoms with Crippen LogP contribution in [0, 0.1) is 0 Å². The highest BCUT2D eigenvalue weighted by Gasteiger charge is 2.50. The van der Waals surface area contributed by atoms with Crippen LogP contribution in [0.5, 0.6) is 0 Å². The van der Waals surface area contributed by atoms with Gasteiger partial charge in [0, 0.05) is 11.4 Å².